The molecule has 0 aliphatic carbocycles. The minimum absolute atomic E-state index is 0. The number of benzene rings is 2. The fraction of sp³-hybridized carbons (Fsp3) is 0.423. The summed E-state index contributed by atoms with van der Waals surface area (Å²) in [6.45, 7) is 2.59. The lowest BCUT2D eigenvalue weighted by molar-refractivity contribution is -0.146. The molecule has 0 heterocycles. The standard InChI is InChI=1S/C26H35N3O5.ClH/c1-4-5-15-29(18-22(17-27)24(30)33-2)26(32)28-23(25(31)34-3)16-19-11-13-21(14-12-19)20-9-7-6-8-10-20;/h6-14,22-23H,4-5,15-18,27H2,1-3H3,(H,28,32);1H/t22-,23-;/m0./s1. The first kappa shape index (κ1) is 29.9. The predicted molar refractivity (Wildman–Crippen MR) is 138 cm³/mol. The van der Waals surface area contributed by atoms with Crippen molar-refractivity contribution < 1.29 is 23.9 Å². The lowest BCUT2D eigenvalue weighted by atomic mass is 10.0. The second-order valence-corrected chi connectivity index (χ2v) is 8.05. The SMILES string of the molecule is CCCCN(C[C@H](CN)C(=O)OC)C(=O)N[C@@H](Cc1ccc(-c2ccccc2)cc1)C(=O)OC.Cl. The number of ether oxygens (including phenoxy) is 2. The van der Waals surface area contributed by atoms with E-state index in [0.29, 0.717) is 6.54 Å². The summed E-state index contributed by atoms with van der Waals surface area (Å²) < 4.78 is 9.73. The Labute approximate surface area is 213 Å². The number of nitrogens with zero attached hydrogens (tertiary/aromatic N) is 1. The van der Waals surface area contributed by atoms with Crippen LogP contribution in [0.1, 0.15) is 25.3 Å². The molecule has 35 heavy (non-hydrogen) atoms. The molecule has 2 aromatic rings. The molecule has 0 fully saturated rings. The Hall–Kier alpha value is -3.10. The Morgan fingerprint density at radius 2 is 1.54 bits per heavy atom. The monoisotopic (exact) mass is 505 g/mol. The number of unbranched alkanes of at least 4 members (excludes halogenated alkanes) is 1. The highest BCUT2D eigenvalue weighted by molar-refractivity contribution is 5.85. The van der Waals surface area contributed by atoms with Crippen molar-refractivity contribution in [1.82, 2.24) is 10.2 Å². The van der Waals surface area contributed by atoms with Crippen LogP contribution in [0.15, 0.2) is 54.6 Å². The first-order valence-electron chi connectivity index (χ1n) is 11.5. The molecule has 0 saturated carbocycles. The minimum atomic E-state index is -0.876. The highest BCUT2D eigenvalue weighted by Crippen LogP contribution is 2.20. The maximum atomic E-state index is 13.1. The van der Waals surface area contributed by atoms with Crippen LogP contribution in [-0.2, 0) is 25.5 Å². The number of rotatable bonds is 12. The lowest BCUT2D eigenvalue weighted by Gasteiger charge is -2.28. The van der Waals surface area contributed by atoms with E-state index in [1.165, 1.54) is 19.1 Å². The van der Waals surface area contributed by atoms with E-state index < -0.39 is 29.9 Å². The van der Waals surface area contributed by atoms with Crippen molar-refractivity contribution in [2.45, 2.75) is 32.2 Å². The van der Waals surface area contributed by atoms with Gasteiger partial charge in [0.05, 0.1) is 20.1 Å². The first-order chi connectivity index (χ1) is 16.4. The Morgan fingerprint density at radius 1 is 0.943 bits per heavy atom. The quantitative estimate of drug-likeness (QED) is 0.427. The number of urea groups is 1. The van der Waals surface area contributed by atoms with Gasteiger partial charge in [-0.1, -0.05) is 67.9 Å². The molecule has 0 spiro atoms. The van der Waals surface area contributed by atoms with Crippen LogP contribution in [0.25, 0.3) is 11.1 Å². The summed E-state index contributed by atoms with van der Waals surface area (Å²) >= 11 is 0. The summed E-state index contributed by atoms with van der Waals surface area (Å²) in [5.74, 6) is -1.66. The van der Waals surface area contributed by atoms with Crippen molar-refractivity contribution in [3.8, 4) is 11.1 Å². The van der Waals surface area contributed by atoms with Crippen molar-refractivity contribution in [3.05, 3.63) is 60.2 Å². The summed E-state index contributed by atoms with van der Waals surface area (Å²) in [6.07, 6.45) is 1.88. The third-order valence-corrected chi connectivity index (χ3v) is 5.61. The van der Waals surface area contributed by atoms with Crippen LogP contribution in [0.2, 0.25) is 0 Å². The molecule has 9 heteroatoms. The van der Waals surface area contributed by atoms with Gasteiger partial charge in [0.1, 0.15) is 6.04 Å². The molecule has 3 N–H and O–H groups in total. The van der Waals surface area contributed by atoms with Crippen LogP contribution in [0.4, 0.5) is 4.79 Å². The highest BCUT2D eigenvalue weighted by Gasteiger charge is 2.28. The van der Waals surface area contributed by atoms with Gasteiger partial charge in [0, 0.05) is 26.1 Å². The number of esters is 2. The van der Waals surface area contributed by atoms with Gasteiger partial charge < -0.3 is 25.4 Å². The van der Waals surface area contributed by atoms with E-state index in [4.69, 9.17) is 15.2 Å². The van der Waals surface area contributed by atoms with E-state index in [2.05, 4.69) is 5.32 Å². The summed E-state index contributed by atoms with van der Waals surface area (Å²) in [6, 6.07) is 16.5. The molecule has 2 rings (SSSR count). The Kier molecular flexibility index (Phi) is 13.5. The number of methoxy groups -OCH3 is 2. The van der Waals surface area contributed by atoms with Gasteiger partial charge in [-0.15, -0.1) is 12.4 Å². The zero-order chi connectivity index (χ0) is 24.9. The molecular formula is C26H36ClN3O5. The number of halogens is 1. The van der Waals surface area contributed by atoms with Gasteiger partial charge in [-0.25, -0.2) is 9.59 Å². The Morgan fingerprint density at radius 3 is 2.09 bits per heavy atom. The number of amides is 2. The van der Waals surface area contributed by atoms with Gasteiger partial charge in [-0.2, -0.15) is 0 Å². The molecule has 2 amide bonds. The molecule has 2 aromatic carbocycles. The largest absolute Gasteiger partial charge is 0.469 e. The topological polar surface area (TPSA) is 111 Å². The van der Waals surface area contributed by atoms with E-state index in [1.54, 1.807) is 0 Å². The van der Waals surface area contributed by atoms with Crippen LogP contribution >= 0.6 is 12.4 Å². The van der Waals surface area contributed by atoms with Gasteiger partial charge in [0.15, 0.2) is 0 Å². The van der Waals surface area contributed by atoms with Crippen molar-refractivity contribution in [3.63, 3.8) is 0 Å². The van der Waals surface area contributed by atoms with E-state index >= 15 is 0 Å². The first-order valence-corrected chi connectivity index (χ1v) is 11.5. The number of carbonyl (C=O) groups is 3. The fourth-order valence-corrected chi connectivity index (χ4v) is 3.58. The van der Waals surface area contributed by atoms with Crippen LogP contribution in [0, 0.1) is 5.92 Å². The van der Waals surface area contributed by atoms with E-state index in [0.717, 1.165) is 29.5 Å². The predicted octanol–water partition coefficient (Wildman–Crippen LogP) is 3.42. The van der Waals surface area contributed by atoms with E-state index in [-0.39, 0.29) is 31.9 Å². The normalized spacial score (nSPS) is 12.0. The molecule has 0 radical (unpaired) electrons. The zero-order valence-corrected chi connectivity index (χ0v) is 21.4. The highest BCUT2D eigenvalue weighted by atomic mass is 35.5. The Balaban J connectivity index is 0.00000612. The summed E-state index contributed by atoms with van der Waals surface area (Å²) in [4.78, 5) is 39.0. The van der Waals surface area contributed by atoms with E-state index in [1.807, 2.05) is 61.5 Å². The van der Waals surface area contributed by atoms with Crippen molar-refractivity contribution in [2.75, 3.05) is 33.9 Å². The number of hydrogen-bond donors (Lipinski definition) is 2. The maximum absolute atomic E-state index is 13.1. The van der Waals surface area contributed by atoms with Crippen molar-refractivity contribution in [2.24, 2.45) is 11.7 Å². The summed E-state index contributed by atoms with van der Waals surface area (Å²) in [5.41, 5.74) is 8.76. The molecule has 0 saturated heterocycles. The second kappa shape index (κ2) is 15.7. The van der Waals surface area contributed by atoms with Gasteiger partial charge in [-0.3, -0.25) is 4.79 Å². The van der Waals surface area contributed by atoms with Crippen LogP contribution < -0.4 is 11.1 Å². The van der Waals surface area contributed by atoms with Gasteiger partial charge in [0.2, 0.25) is 0 Å². The smallest absolute Gasteiger partial charge is 0.328 e. The lowest BCUT2D eigenvalue weighted by Crippen LogP contribution is -2.51. The number of carbonyl (C=O) groups excluding carboxylic acids is 3. The third kappa shape index (κ3) is 9.22. The number of hydrogen-bond acceptors (Lipinski definition) is 6. The van der Waals surface area contributed by atoms with Crippen LogP contribution in [-0.4, -0.2) is 62.8 Å². The molecular weight excluding hydrogens is 470 g/mol. The number of nitrogens with two attached hydrogens (primary N) is 1. The van der Waals surface area contributed by atoms with E-state index in [9.17, 15) is 14.4 Å². The molecule has 0 aliphatic heterocycles. The van der Waals surface area contributed by atoms with Gasteiger partial charge in [0.25, 0.3) is 0 Å². The molecule has 0 unspecified atom stereocenters. The molecule has 8 nitrogen and oxygen atoms in total. The zero-order valence-electron chi connectivity index (χ0n) is 20.6. The molecule has 0 aromatic heterocycles. The summed E-state index contributed by atoms with van der Waals surface area (Å²) in [5, 5.41) is 2.78. The van der Waals surface area contributed by atoms with Crippen molar-refractivity contribution in [1.29, 1.82) is 0 Å². The van der Waals surface area contributed by atoms with Gasteiger partial charge in [-0.05, 0) is 23.1 Å². The Bertz CT molecular complexity index is 924. The number of nitrogens with one attached hydrogen (secondary N) is 1. The minimum Gasteiger partial charge on any atom is -0.469 e. The maximum Gasteiger partial charge on any atom is 0.328 e. The average molecular weight is 506 g/mol. The average Bonchev–Trinajstić information content (AvgIpc) is 2.88. The molecule has 0 aliphatic rings. The van der Waals surface area contributed by atoms with Gasteiger partial charge >= 0.3 is 18.0 Å². The third-order valence-electron chi connectivity index (χ3n) is 5.61. The fourth-order valence-electron chi connectivity index (χ4n) is 3.58. The molecule has 0 bridgehead atoms. The van der Waals surface area contributed by atoms with Crippen LogP contribution in [0.3, 0.4) is 0 Å². The summed E-state index contributed by atoms with van der Waals surface area (Å²) in [7, 11) is 2.58. The van der Waals surface area contributed by atoms with Crippen molar-refractivity contribution >= 4 is 30.4 Å². The van der Waals surface area contributed by atoms with Crippen LogP contribution in [0.5, 0.6) is 0 Å². The molecule has 192 valence electrons. The molecule has 2 atom stereocenters. The second-order valence-electron chi connectivity index (χ2n) is 8.05.